The van der Waals surface area contributed by atoms with E-state index in [-0.39, 0.29) is 0 Å². The number of benzene rings is 2. The summed E-state index contributed by atoms with van der Waals surface area (Å²) >= 11 is 0. The van der Waals surface area contributed by atoms with Gasteiger partial charge >= 0.3 is 12.1 Å². The average molecular weight is 488 g/mol. The van der Waals surface area contributed by atoms with Gasteiger partial charge in [0.15, 0.2) is 5.60 Å². The molecule has 0 aliphatic heterocycles. The highest BCUT2D eigenvalue weighted by Gasteiger charge is 2.30. The van der Waals surface area contributed by atoms with Crippen molar-refractivity contribution >= 4 is 11.9 Å². The number of aromatic nitrogens is 2. The van der Waals surface area contributed by atoms with Crippen LogP contribution < -0.4 is 9.64 Å². The topological polar surface area (TPSA) is 75.6 Å². The van der Waals surface area contributed by atoms with Crippen molar-refractivity contribution in [3.05, 3.63) is 83.2 Å². The van der Waals surface area contributed by atoms with Gasteiger partial charge in [-0.05, 0) is 67.6 Å². The summed E-state index contributed by atoms with van der Waals surface area (Å²) in [6.45, 7) is 5.83. The number of carbonyl (C=O) groups is 1. The second kappa shape index (κ2) is 10.8. The van der Waals surface area contributed by atoms with Crippen LogP contribution in [0, 0.1) is 0 Å². The van der Waals surface area contributed by atoms with Crippen molar-refractivity contribution in [3.8, 4) is 5.75 Å². The summed E-state index contributed by atoms with van der Waals surface area (Å²) in [6.07, 6.45) is 0.526. The van der Waals surface area contributed by atoms with Gasteiger partial charge in [-0.15, -0.1) is 0 Å². The highest BCUT2D eigenvalue weighted by molar-refractivity contribution is 5.76. The first-order valence-electron chi connectivity index (χ1n) is 11.2. The number of aryl methyl sites for hydroxylation is 1. The van der Waals surface area contributed by atoms with E-state index in [4.69, 9.17) is 4.74 Å². The molecule has 0 atom stereocenters. The van der Waals surface area contributed by atoms with Crippen LogP contribution in [0.1, 0.15) is 43.0 Å². The van der Waals surface area contributed by atoms with Gasteiger partial charge in [-0.3, -0.25) is 0 Å². The Bertz CT molecular complexity index is 1110. The number of hydrogen-bond donors (Lipinski definition) is 1. The summed E-state index contributed by atoms with van der Waals surface area (Å²) in [4.78, 5) is 22.1. The summed E-state index contributed by atoms with van der Waals surface area (Å²) < 4.78 is 44.3. The monoisotopic (exact) mass is 487 g/mol. The number of ether oxygens (including phenoxy) is 1. The molecular weight excluding hydrogens is 459 g/mol. The molecule has 3 rings (SSSR count). The molecule has 0 spiro atoms. The number of anilines is 1. The minimum absolute atomic E-state index is 0.345. The van der Waals surface area contributed by atoms with E-state index in [0.717, 1.165) is 29.7 Å². The van der Waals surface area contributed by atoms with Crippen molar-refractivity contribution in [2.45, 2.75) is 51.9 Å². The predicted octanol–water partition coefficient (Wildman–Crippen LogP) is 5.55. The number of carboxylic acids is 1. The Morgan fingerprint density at radius 1 is 0.943 bits per heavy atom. The number of aliphatic carboxylic acids is 1. The molecule has 0 bridgehead atoms. The summed E-state index contributed by atoms with van der Waals surface area (Å²) in [6, 6.07) is 12.2. The van der Waals surface area contributed by atoms with Gasteiger partial charge < -0.3 is 14.7 Å². The quantitative estimate of drug-likeness (QED) is 0.404. The molecular formula is C26H28F3N3O3. The molecule has 2 aromatic carbocycles. The summed E-state index contributed by atoms with van der Waals surface area (Å²) in [5.74, 6) is -0.124. The van der Waals surface area contributed by atoms with Gasteiger partial charge in [0, 0.05) is 25.5 Å². The summed E-state index contributed by atoms with van der Waals surface area (Å²) in [5.41, 5.74) is 0.642. The lowest BCUT2D eigenvalue weighted by Gasteiger charge is -2.24. The molecule has 0 saturated carbocycles. The van der Waals surface area contributed by atoms with Crippen molar-refractivity contribution in [1.82, 2.24) is 9.97 Å². The van der Waals surface area contributed by atoms with Gasteiger partial charge in [0.25, 0.3) is 0 Å². The molecule has 3 aromatic rings. The number of halogens is 3. The van der Waals surface area contributed by atoms with E-state index in [9.17, 15) is 23.1 Å². The normalized spacial score (nSPS) is 11.8. The first-order chi connectivity index (χ1) is 16.5. The van der Waals surface area contributed by atoms with Gasteiger partial charge in [-0.2, -0.15) is 13.2 Å². The van der Waals surface area contributed by atoms with Crippen LogP contribution in [0.3, 0.4) is 0 Å². The molecule has 0 fully saturated rings. The Morgan fingerprint density at radius 2 is 1.51 bits per heavy atom. The fourth-order valence-electron chi connectivity index (χ4n) is 3.29. The van der Waals surface area contributed by atoms with Crippen LogP contribution in [0.5, 0.6) is 5.75 Å². The van der Waals surface area contributed by atoms with Crippen LogP contribution >= 0.6 is 0 Å². The third-order valence-corrected chi connectivity index (χ3v) is 5.52. The second-order valence-electron chi connectivity index (χ2n) is 8.67. The third kappa shape index (κ3) is 7.18. The minimum atomic E-state index is -4.38. The Labute approximate surface area is 202 Å². The van der Waals surface area contributed by atoms with Crippen molar-refractivity contribution < 1.29 is 27.8 Å². The van der Waals surface area contributed by atoms with E-state index in [2.05, 4.69) is 9.97 Å². The third-order valence-electron chi connectivity index (χ3n) is 5.52. The molecule has 9 heteroatoms. The molecule has 0 radical (unpaired) electrons. The Morgan fingerprint density at radius 3 is 2.03 bits per heavy atom. The van der Waals surface area contributed by atoms with E-state index in [1.54, 1.807) is 24.5 Å². The highest BCUT2D eigenvalue weighted by Crippen LogP contribution is 2.29. The first-order valence-corrected chi connectivity index (χ1v) is 11.2. The molecule has 1 aromatic heterocycles. The number of nitrogens with zero attached hydrogens (tertiary/aromatic N) is 3. The predicted molar refractivity (Wildman–Crippen MR) is 126 cm³/mol. The zero-order valence-corrected chi connectivity index (χ0v) is 19.8. The van der Waals surface area contributed by atoms with Crippen molar-refractivity contribution in [3.63, 3.8) is 0 Å². The number of carboxylic acid groups (broad SMARTS) is 1. The molecule has 0 amide bonds. The standard InChI is InChI=1S/C26H28F3N3O3/c1-4-18-15-30-24(31-16-18)32(17-20-5-9-21(10-6-20)26(27,28)29)14-13-19-7-11-22(12-8-19)35-25(2,3)23(33)34/h5-12,15-16H,4,13-14,17H2,1-3H3,(H,33,34). The van der Waals surface area contributed by atoms with Crippen LogP contribution in [-0.2, 0) is 30.4 Å². The molecule has 186 valence electrons. The molecule has 6 nitrogen and oxygen atoms in total. The van der Waals surface area contributed by atoms with Crippen molar-refractivity contribution in [2.75, 3.05) is 11.4 Å². The fraction of sp³-hybridized carbons (Fsp3) is 0.346. The van der Waals surface area contributed by atoms with Crippen LogP contribution in [0.15, 0.2) is 60.9 Å². The van der Waals surface area contributed by atoms with Crippen LogP contribution in [0.2, 0.25) is 0 Å². The van der Waals surface area contributed by atoms with Crippen molar-refractivity contribution in [1.29, 1.82) is 0 Å². The number of hydrogen-bond acceptors (Lipinski definition) is 5. The van der Waals surface area contributed by atoms with Gasteiger partial charge in [0.2, 0.25) is 5.95 Å². The first kappa shape index (κ1) is 26.0. The molecule has 0 aliphatic rings. The van der Waals surface area contributed by atoms with Crippen LogP contribution in [-0.4, -0.2) is 33.2 Å². The molecule has 1 N–H and O–H groups in total. The molecule has 35 heavy (non-hydrogen) atoms. The minimum Gasteiger partial charge on any atom is -0.478 e. The van der Waals surface area contributed by atoms with Crippen LogP contribution in [0.25, 0.3) is 0 Å². The molecule has 0 saturated heterocycles. The Hall–Kier alpha value is -3.62. The molecule has 0 unspecified atom stereocenters. The lowest BCUT2D eigenvalue weighted by molar-refractivity contribution is -0.152. The van der Waals surface area contributed by atoms with Crippen LogP contribution in [0.4, 0.5) is 19.1 Å². The fourth-order valence-corrected chi connectivity index (χ4v) is 3.29. The van der Waals surface area contributed by atoms with E-state index >= 15 is 0 Å². The molecule has 0 aliphatic carbocycles. The maximum Gasteiger partial charge on any atom is 0.416 e. The molecule has 1 heterocycles. The maximum atomic E-state index is 12.9. The van der Waals surface area contributed by atoms with E-state index in [0.29, 0.717) is 36.8 Å². The number of rotatable bonds is 10. The lowest BCUT2D eigenvalue weighted by Crippen LogP contribution is -2.37. The lowest BCUT2D eigenvalue weighted by atomic mass is 10.1. The second-order valence-corrected chi connectivity index (χ2v) is 8.67. The van der Waals surface area contributed by atoms with E-state index in [1.165, 1.54) is 26.0 Å². The summed E-state index contributed by atoms with van der Waals surface area (Å²) in [7, 11) is 0. The van der Waals surface area contributed by atoms with Gasteiger partial charge in [-0.25, -0.2) is 14.8 Å². The maximum absolute atomic E-state index is 12.9. The highest BCUT2D eigenvalue weighted by atomic mass is 19.4. The SMILES string of the molecule is CCc1cnc(N(CCc2ccc(OC(C)(C)C(=O)O)cc2)Cc2ccc(C(F)(F)F)cc2)nc1. The zero-order chi connectivity index (χ0) is 25.6. The van der Waals surface area contributed by atoms with E-state index < -0.39 is 23.3 Å². The van der Waals surface area contributed by atoms with Gasteiger partial charge in [0.1, 0.15) is 5.75 Å². The largest absolute Gasteiger partial charge is 0.478 e. The average Bonchev–Trinajstić information content (AvgIpc) is 2.82. The summed E-state index contributed by atoms with van der Waals surface area (Å²) in [5, 5.41) is 9.22. The Balaban J connectivity index is 1.74. The van der Waals surface area contributed by atoms with Gasteiger partial charge in [0.05, 0.1) is 5.56 Å². The smallest absolute Gasteiger partial charge is 0.416 e. The zero-order valence-electron chi connectivity index (χ0n) is 19.8. The van der Waals surface area contributed by atoms with Crippen molar-refractivity contribution in [2.24, 2.45) is 0 Å². The Kier molecular flexibility index (Phi) is 7.99. The van der Waals surface area contributed by atoms with Gasteiger partial charge in [-0.1, -0.05) is 31.2 Å². The van der Waals surface area contributed by atoms with E-state index in [1.807, 2.05) is 24.0 Å². The number of alkyl halides is 3.